The van der Waals surface area contributed by atoms with Crippen LogP contribution in [0.1, 0.15) is 10.5 Å². The van der Waals surface area contributed by atoms with Gasteiger partial charge in [-0.1, -0.05) is 23.4 Å². The molecule has 0 atom stereocenters. The van der Waals surface area contributed by atoms with Gasteiger partial charge in [0, 0.05) is 12.7 Å². The second kappa shape index (κ2) is 8.09. The van der Waals surface area contributed by atoms with Crippen LogP contribution in [0.5, 0.6) is 0 Å². The Hall–Kier alpha value is -3.91. The quantitative estimate of drug-likeness (QED) is 0.467. The molecule has 0 spiro atoms. The topological polar surface area (TPSA) is 108 Å². The van der Waals surface area contributed by atoms with Gasteiger partial charge in [0.25, 0.3) is 0 Å². The third-order valence-corrected chi connectivity index (χ3v) is 3.25. The predicted octanol–water partition coefficient (Wildman–Crippen LogP) is 1.97. The summed E-state index contributed by atoms with van der Waals surface area (Å²) in [6, 6.07) is 13.0. The lowest BCUT2D eigenvalue weighted by molar-refractivity contribution is 0.0594. The Balaban J connectivity index is 2.50. The first kappa shape index (κ1) is 17.4. The van der Waals surface area contributed by atoms with Crippen molar-refractivity contribution in [2.24, 2.45) is 0 Å². The maximum Gasteiger partial charge on any atom is 0.360 e. The van der Waals surface area contributed by atoms with Crippen molar-refractivity contribution in [1.82, 2.24) is 15.0 Å². The van der Waals surface area contributed by atoms with Crippen LogP contribution in [0.15, 0.2) is 54.3 Å². The summed E-state index contributed by atoms with van der Waals surface area (Å²) >= 11 is 0. The van der Waals surface area contributed by atoms with E-state index in [9.17, 15) is 4.79 Å². The van der Waals surface area contributed by atoms with Crippen molar-refractivity contribution in [2.45, 2.75) is 0 Å². The highest BCUT2D eigenvalue weighted by Gasteiger charge is 2.15. The van der Waals surface area contributed by atoms with Gasteiger partial charge in [-0.2, -0.15) is 10.5 Å². The molecule has 0 saturated carbocycles. The molecule has 25 heavy (non-hydrogen) atoms. The molecule has 0 N–H and O–H groups in total. The number of ether oxygens (including phenoxy) is 1. The average molecular weight is 334 g/mol. The van der Waals surface area contributed by atoms with E-state index < -0.39 is 5.97 Å². The number of nitriles is 2. The molecule has 8 nitrogen and oxygen atoms in total. The van der Waals surface area contributed by atoms with Crippen molar-refractivity contribution >= 4 is 17.5 Å². The first-order chi connectivity index (χ1) is 12.1. The number of hydrogen-bond acceptors (Lipinski definition) is 7. The fourth-order valence-corrected chi connectivity index (χ4v) is 1.96. The Morgan fingerprint density at radius 1 is 1.24 bits per heavy atom. The van der Waals surface area contributed by atoms with Crippen LogP contribution >= 0.6 is 0 Å². The summed E-state index contributed by atoms with van der Waals surface area (Å²) in [5, 5.41) is 25.5. The monoisotopic (exact) mass is 334 g/mol. The Morgan fingerprint density at radius 3 is 2.52 bits per heavy atom. The number of allylic oxidation sites excluding steroid dienone is 3. The fourth-order valence-electron chi connectivity index (χ4n) is 1.96. The lowest BCUT2D eigenvalue weighted by atomic mass is 10.2. The van der Waals surface area contributed by atoms with Crippen LogP contribution in [-0.4, -0.2) is 35.1 Å². The number of benzene rings is 1. The summed E-state index contributed by atoms with van der Waals surface area (Å²) < 4.78 is 5.98. The zero-order chi connectivity index (χ0) is 18.2. The van der Waals surface area contributed by atoms with Gasteiger partial charge in [0.2, 0.25) is 0 Å². The van der Waals surface area contributed by atoms with Crippen LogP contribution in [-0.2, 0) is 4.74 Å². The first-order valence-electron chi connectivity index (χ1n) is 7.12. The third kappa shape index (κ3) is 4.09. The number of methoxy groups -OCH3 is 1. The molecule has 0 aliphatic heterocycles. The fraction of sp³-hybridized carbons (Fsp3) is 0.118. The molecule has 0 unspecified atom stereocenters. The van der Waals surface area contributed by atoms with Crippen molar-refractivity contribution in [2.75, 3.05) is 19.1 Å². The van der Waals surface area contributed by atoms with E-state index in [-0.39, 0.29) is 11.3 Å². The second-order valence-corrected chi connectivity index (χ2v) is 4.76. The zero-order valence-corrected chi connectivity index (χ0v) is 13.6. The lowest BCUT2D eigenvalue weighted by Crippen LogP contribution is -2.20. The minimum Gasteiger partial charge on any atom is -0.464 e. The summed E-state index contributed by atoms with van der Waals surface area (Å²) in [6.45, 7) is 0. The third-order valence-electron chi connectivity index (χ3n) is 3.25. The number of carbonyl (C=O) groups excluding carboxylic acids is 1. The second-order valence-electron chi connectivity index (χ2n) is 4.76. The Morgan fingerprint density at radius 2 is 1.92 bits per heavy atom. The van der Waals surface area contributed by atoms with Gasteiger partial charge in [-0.05, 0) is 24.3 Å². The maximum absolute atomic E-state index is 11.6. The number of para-hydroxylation sites is 1. The molecule has 0 aliphatic rings. The molecule has 8 heteroatoms. The highest BCUT2D eigenvalue weighted by molar-refractivity contribution is 5.87. The molecule has 1 heterocycles. The summed E-state index contributed by atoms with van der Waals surface area (Å²) in [5.74, 6) is -0.130. The number of aromatic nitrogens is 3. The lowest BCUT2D eigenvalue weighted by Gasteiger charge is -2.21. The molecule has 1 aromatic heterocycles. The van der Waals surface area contributed by atoms with Crippen molar-refractivity contribution < 1.29 is 9.53 Å². The van der Waals surface area contributed by atoms with Crippen molar-refractivity contribution in [3.8, 4) is 12.1 Å². The summed E-state index contributed by atoms with van der Waals surface area (Å²) in [4.78, 5) is 13.4. The van der Waals surface area contributed by atoms with Gasteiger partial charge < -0.3 is 9.64 Å². The predicted molar refractivity (Wildman–Crippen MR) is 89.8 cm³/mol. The van der Waals surface area contributed by atoms with Gasteiger partial charge in [0.1, 0.15) is 23.5 Å². The molecular formula is C17H14N6O2. The molecule has 2 rings (SSSR count). The van der Waals surface area contributed by atoms with Crippen molar-refractivity contribution in [3.05, 3.63) is 59.9 Å². The maximum atomic E-state index is 11.6. The number of rotatable bonds is 5. The van der Waals surface area contributed by atoms with E-state index in [0.717, 1.165) is 5.69 Å². The number of nitrogens with zero attached hydrogens (tertiary/aromatic N) is 6. The smallest absolute Gasteiger partial charge is 0.360 e. The van der Waals surface area contributed by atoms with E-state index in [0.29, 0.717) is 5.82 Å². The van der Waals surface area contributed by atoms with Crippen LogP contribution in [0.2, 0.25) is 0 Å². The van der Waals surface area contributed by atoms with Gasteiger partial charge >= 0.3 is 5.97 Å². The van der Waals surface area contributed by atoms with E-state index in [2.05, 4.69) is 15.0 Å². The van der Waals surface area contributed by atoms with Gasteiger partial charge in [0.05, 0.1) is 13.3 Å². The molecular weight excluding hydrogens is 320 g/mol. The highest BCUT2D eigenvalue weighted by Crippen LogP contribution is 2.20. The van der Waals surface area contributed by atoms with Crippen LogP contribution in [0, 0.1) is 22.7 Å². The van der Waals surface area contributed by atoms with Crippen LogP contribution in [0.25, 0.3) is 5.82 Å². The Kier molecular flexibility index (Phi) is 5.64. The molecule has 0 aliphatic carbocycles. The molecule has 0 bridgehead atoms. The number of anilines is 1. The van der Waals surface area contributed by atoms with Crippen LogP contribution in [0.4, 0.5) is 5.69 Å². The summed E-state index contributed by atoms with van der Waals surface area (Å²) in [5.41, 5.74) is 0.819. The van der Waals surface area contributed by atoms with E-state index >= 15 is 0 Å². The van der Waals surface area contributed by atoms with Crippen LogP contribution in [0.3, 0.4) is 0 Å². The molecule has 0 fully saturated rings. The van der Waals surface area contributed by atoms with E-state index in [1.54, 1.807) is 30.2 Å². The Bertz CT molecular complexity index is 883. The molecule has 2 aromatic rings. The van der Waals surface area contributed by atoms with Gasteiger partial charge in [-0.25, -0.2) is 9.48 Å². The van der Waals surface area contributed by atoms with E-state index in [1.165, 1.54) is 24.1 Å². The number of carbonyl (C=O) groups is 1. The average Bonchev–Trinajstić information content (AvgIpc) is 3.14. The molecule has 0 amide bonds. The minimum atomic E-state index is -0.613. The standard InChI is InChI=1S/C17H14N6O2/c1-22(14-6-4-3-5-7-14)16(9-8-13(10-18)11-19)23-12-15(20-21-23)17(24)25-2/h3-9,12H,1-2H3/b16-9-. The first-order valence-corrected chi connectivity index (χ1v) is 7.12. The van der Waals surface area contributed by atoms with Crippen LogP contribution < -0.4 is 4.90 Å². The molecule has 124 valence electrons. The van der Waals surface area contributed by atoms with Gasteiger partial charge in [-0.15, -0.1) is 5.10 Å². The van der Waals surface area contributed by atoms with Crippen molar-refractivity contribution in [1.29, 1.82) is 10.5 Å². The van der Waals surface area contributed by atoms with Crippen molar-refractivity contribution in [3.63, 3.8) is 0 Å². The SMILES string of the molecule is COC(=O)c1cn(/C(=C\C=C(C#N)C#N)N(C)c2ccccc2)nn1. The van der Waals surface area contributed by atoms with E-state index in [4.69, 9.17) is 10.5 Å². The minimum absolute atomic E-state index is 0.0413. The number of esters is 1. The highest BCUT2D eigenvalue weighted by atomic mass is 16.5. The Labute approximate surface area is 144 Å². The van der Waals surface area contributed by atoms with Gasteiger partial charge in [0.15, 0.2) is 5.69 Å². The largest absolute Gasteiger partial charge is 0.464 e. The van der Waals surface area contributed by atoms with Gasteiger partial charge in [-0.3, -0.25) is 0 Å². The molecule has 0 radical (unpaired) electrons. The number of hydrogen-bond donors (Lipinski definition) is 0. The summed E-state index contributed by atoms with van der Waals surface area (Å²) in [7, 11) is 3.04. The zero-order valence-electron chi connectivity index (χ0n) is 13.6. The summed E-state index contributed by atoms with van der Waals surface area (Å²) in [6.07, 6.45) is 4.32. The van der Waals surface area contributed by atoms with E-state index in [1.807, 2.05) is 30.3 Å². The molecule has 1 aromatic carbocycles. The molecule has 0 saturated heterocycles. The normalized spacial score (nSPS) is 10.3.